The Labute approximate surface area is 226 Å². The van der Waals surface area contributed by atoms with Gasteiger partial charge < -0.3 is 20.4 Å². The van der Waals surface area contributed by atoms with Crippen LogP contribution in [0.3, 0.4) is 0 Å². The molecule has 4 rings (SSSR count). The largest absolute Gasteiger partial charge is 0.493 e. The number of sulfonamides is 1. The lowest BCUT2D eigenvalue weighted by atomic mass is 10.1. The molecule has 0 radical (unpaired) electrons. The fraction of sp³-hybridized carbons (Fsp3) is 0.370. The molecule has 4 N–H and O–H groups in total. The number of imidazole rings is 1. The Hall–Kier alpha value is -3.93. The number of hydrogen-bond donors (Lipinski definition) is 3. The summed E-state index contributed by atoms with van der Waals surface area (Å²) in [7, 11) is -4.10. The summed E-state index contributed by atoms with van der Waals surface area (Å²) in [5.41, 5.74) is 8.70. The minimum Gasteiger partial charge on any atom is -0.493 e. The summed E-state index contributed by atoms with van der Waals surface area (Å²) >= 11 is 0. The molecule has 4 aromatic rings. The van der Waals surface area contributed by atoms with Crippen LogP contribution in [0.1, 0.15) is 39.4 Å². The molecule has 0 aliphatic carbocycles. The Morgan fingerprint density at radius 2 is 1.90 bits per heavy atom. The van der Waals surface area contributed by atoms with Crippen molar-refractivity contribution in [3.05, 3.63) is 54.1 Å². The Morgan fingerprint density at radius 3 is 2.59 bits per heavy atom. The molecule has 2 heterocycles. The minimum absolute atomic E-state index is 0.179. The van der Waals surface area contributed by atoms with E-state index in [1.54, 1.807) is 0 Å². The van der Waals surface area contributed by atoms with Crippen LogP contribution in [0, 0.1) is 11.7 Å². The summed E-state index contributed by atoms with van der Waals surface area (Å²) in [6.07, 6.45) is 2.26. The fourth-order valence-electron chi connectivity index (χ4n) is 4.30. The van der Waals surface area contributed by atoms with E-state index in [1.165, 1.54) is 0 Å². The zero-order chi connectivity index (χ0) is 28.2. The molecular weight excluding hydrogens is 523 g/mol. The van der Waals surface area contributed by atoms with Crippen molar-refractivity contribution in [1.29, 1.82) is 0 Å². The highest BCUT2D eigenvalue weighted by Gasteiger charge is 2.19. The molecule has 208 valence electrons. The third-order valence-electron chi connectivity index (χ3n) is 6.00. The second kappa shape index (κ2) is 11.9. The normalized spacial score (nSPS) is 11.8. The Morgan fingerprint density at radius 1 is 1.15 bits per heavy atom. The van der Waals surface area contributed by atoms with E-state index in [4.69, 9.17) is 15.5 Å². The van der Waals surface area contributed by atoms with Gasteiger partial charge in [-0.2, -0.15) is 0 Å². The van der Waals surface area contributed by atoms with E-state index in [1.807, 2.05) is 22.9 Å². The van der Waals surface area contributed by atoms with Crippen LogP contribution in [0.25, 0.3) is 21.9 Å². The number of urea groups is 1. The Bertz CT molecular complexity index is 1590. The van der Waals surface area contributed by atoms with Crippen molar-refractivity contribution in [3.8, 4) is 5.75 Å². The van der Waals surface area contributed by atoms with E-state index < -0.39 is 21.9 Å². The maximum absolute atomic E-state index is 13.0. The molecule has 0 saturated carbocycles. The van der Waals surface area contributed by atoms with E-state index in [-0.39, 0.29) is 18.0 Å². The number of ether oxygens (including phenoxy) is 1. The van der Waals surface area contributed by atoms with Crippen molar-refractivity contribution < 1.29 is 22.3 Å². The first-order valence-electron chi connectivity index (χ1n) is 12.9. The summed E-state index contributed by atoms with van der Waals surface area (Å²) in [6, 6.07) is 8.94. The Balaban J connectivity index is 1.38. The number of aromatic nitrogens is 3. The number of nitrogens with two attached hydrogens (primary N) is 1. The van der Waals surface area contributed by atoms with Gasteiger partial charge in [0.15, 0.2) is 5.82 Å². The number of hydrogen-bond acceptors (Lipinski definition) is 7. The van der Waals surface area contributed by atoms with Crippen molar-refractivity contribution in [3.63, 3.8) is 0 Å². The highest BCUT2D eigenvalue weighted by Crippen LogP contribution is 2.32. The number of halogens is 1. The number of rotatable bonds is 11. The van der Waals surface area contributed by atoms with Crippen LogP contribution in [0.4, 0.5) is 15.0 Å². The highest BCUT2D eigenvalue weighted by molar-refractivity contribution is 7.90. The van der Waals surface area contributed by atoms with Gasteiger partial charge in [-0.05, 0) is 55.2 Å². The number of carbonyl (C=O) groups excluding carboxylic acids is 1. The number of nitrogens with one attached hydrogen (secondary N) is 2. The van der Waals surface area contributed by atoms with Gasteiger partial charge in [-0.3, -0.25) is 0 Å². The third kappa shape index (κ3) is 6.56. The van der Waals surface area contributed by atoms with Crippen molar-refractivity contribution in [2.75, 3.05) is 18.9 Å². The van der Waals surface area contributed by atoms with Crippen molar-refractivity contribution in [2.45, 2.75) is 51.5 Å². The zero-order valence-electron chi connectivity index (χ0n) is 22.2. The van der Waals surface area contributed by atoms with Crippen LogP contribution in [0.2, 0.25) is 0 Å². The lowest BCUT2D eigenvalue weighted by Gasteiger charge is -2.13. The molecule has 2 amide bonds. The molecular formula is C27H33FN6O4S. The maximum atomic E-state index is 13.0. The number of nitrogen functional groups attached to an aromatic ring is 1. The average molecular weight is 557 g/mol. The number of amides is 2. The molecule has 0 unspecified atom stereocenters. The molecule has 2 aromatic carbocycles. The van der Waals surface area contributed by atoms with Crippen molar-refractivity contribution >= 4 is 43.8 Å². The molecule has 0 atom stereocenters. The van der Waals surface area contributed by atoms with Gasteiger partial charge in [-0.15, -0.1) is 0 Å². The SMILES string of the molecule is CCCc1nc2c(N)nc3cc(OCCCNC(=O)NS(=O)(=O)c4ccc(F)cc4)ccc3c2n1CC(C)C. The topological polar surface area (TPSA) is 141 Å². The van der Waals surface area contributed by atoms with Gasteiger partial charge in [0, 0.05) is 31.0 Å². The minimum atomic E-state index is -4.10. The molecule has 0 aliphatic heterocycles. The Kier molecular flexibility index (Phi) is 8.54. The molecule has 39 heavy (non-hydrogen) atoms. The highest BCUT2D eigenvalue weighted by atomic mass is 32.2. The second-order valence-electron chi connectivity index (χ2n) is 9.67. The summed E-state index contributed by atoms with van der Waals surface area (Å²) < 4.78 is 47.4. The fourth-order valence-corrected chi connectivity index (χ4v) is 5.23. The van der Waals surface area contributed by atoms with Gasteiger partial charge in [0.1, 0.15) is 22.9 Å². The predicted molar refractivity (Wildman–Crippen MR) is 149 cm³/mol. The van der Waals surface area contributed by atoms with Gasteiger partial charge in [-0.1, -0.05) is 20.8 Å². The van der Waals surface area contributed by atoms with Crippen LogP contribution in [0.15, 0.2) is 47.4 Å². The molecule has 0 fully saturated rings. The summed E-state index contributed by atoms with van der Waals surface area (Å²) in [5, 5.41) is 3.42. The number of carbonyl (C=O) groups is 1. The number of pyridine rings is 1. The third-order valence-corrected chi connectivity index (χ3v) is 7.35. The van der Waals surface area contributed by atoms with Crippen LogP contribution < -0.4 is 20.5 Å². The molecule has 2 aromatic heterocycles. The summed E-state index contributed by atoms with van der Waals surface area (Å²) in [6.45, 7) is 7.75. The van der Waals surface area contributed by atoms with Crippen molar-refractivity contribution in [2.24, 2.45) is 5.92 Å². The van der Waals surface area contributed by atoms with Gasteiger partial charge in [0.2, 0.25) is 0 Å². The number of anilines is 1. The molecule has 10 nitrogen and oxygen atoms in total. The summed E-state index contributed by atoms with van der Waals surface area (Å²) in [5.74, 6) is 1.84. The quantitative estimate of drug-likeness (QED) is 0.233. The van der Waals surface area contributed by atoms with E-state index in [0.717, 1.165) is 60.4 Å². The maximum Gasteiger partial charge on any atom is 0.328 e. The smallest absolute Gasteiger partial charge is 0.328 e. The lowest BCUT2D eigenvalue weighted by molar-refractivity contribution is 0.244. The second-order valence-corrected chi connectivity index (χ2v) is 11.4. The number of nitrogens with zero attached hydrogens (tertiary/aromatic N) is 3. The molecule has 0 saturated heterocycles. The number of benzene rings is 2. The van der Waals surface area contributed by atoms with Crippen LogP contribution in [-0.2, 0) is 23.0 Å². The standard InChI is InChI=1S/C27H33FN6O4S/c1-4-6-23-32-24-25(34(23)16-17(2)3)21-12-9-19(15-22(21)31-26(24)29)38-14-5-13-30-27(35)33-39(36,37)20-10-7-18(28)8-11-20/h7-12,15,17H,4-6,13-14,16H2,1-3H3,(H2,29,31)(H2,30,33,35). The number of fused-ring (bicyclic) bond motifs is 3. The first kappa shape index (κ1) is 28.1. The first-order valence-corrected chi connectivity index (χ1v) is 14.3. The van der Waals surface area contributed by atoms with Gasteiger partial charge >= 0.3 is 6.03 Å². The molecule has 0 spiro atoms. The number of aryl methyl sites for hydroxylation is 1. The van der Waals surface area contributed by atoms with E-state index in [2.05, 4.69) is 35.6 Å². The first-order chi connectivity index (χ1) is 18.6. The van der Waals surface area contributed by atoms with Crippen LogP contribution in [-0.4, -0.2) is 42.1 Å². The predicted octanol–water partition coefficient (Wildman–Crippen LogP) is 4.37. The van der Waals surface area contributed by atoms with E-state index in [0.29, 0.717) is 34.9 Å². The van der Waals surface area contributed by atoms with Gasteiger partial charge in [0.25, 0.3) is 10.0 Å². The average Bonchev–Trinajstić information content (AvgIpc) is 3.22. The monoisotopic (exact) mass is 556 g/mol. The van der Waals surface area contributed by atoms with Crippen molar-refractivity contribution in [1.82, 2.24) is 24.6 Å². The van der Waals surface area contributed by atoms with Crippen LogP contribution in [0.5, 0.6) is 5.75 Å². The van der Waals surface area contributed by atoms with E-state index >= 15 is 0 Å². The van der Waals surface area contributed by atoms with E-state index in [9.17, 15) is 17.6 Å². The van der Waals surface area contributed by atoms with Crippen LogP contribution >= 0.6 is 0 Å². The lowest BCUT2D eigenvalue weighted by Crippen LogP contribution is -2.40. The molecule has 12 heteroatoms. The summed E-state index contributed by atoms with van der Waals surface area (Å²) in [4.78, 5) is 21.2. The molecule has 0 bridgehead atoms. The van der Waals surface area contributed by atoms with Gasteiger partial charge in [0.05, 0.1) is 22.5 Å². The molecule has 0 aliphatic rings. The van der Waals surface area contributed by atoms with Gasteiger partial charge in [-0.25, -0.2) is 32.3 Å². The zero-order valence-corrected chi connectivity index (χ0v) is 23.0.